The van der Waals surface area contributed by atoms with Gasteiger partial charge in [0.1, 0.15) is 5.69 Å². The molecule has 7 heteroatoms. The number of aromatic nitrogens is 2. The van der Waals surface area contributed by atoms with Gasteiger partial charge in [-0.2, -0.15) is 0 Å². The Bertz CT molecular complexity index is 562. The number of aromatic amines is 1. The van der Waals surface area contributed by atoms with Crippen molar-refractivity contribution in [1.29, 1.82) is 0 Å². The normalized spacial score (nSPS) is 10.9. The number of aromatic carboxylic acids is 1. The maximum absolute atomic E-state index is 10.6. The SMILES string of the molecule is O=C(O)c1cnc(N=Nc2ccc(Br)cc2)[nH]1. The van der Waals surface area contributed by atoms with Crippen molar-refractivity contribution in [3.8, 4) is 0 Å². The lowest BCUT2D eigenvalue weighted by Gasteiger charge is -1.91. The third kappa shape index (κ3) is 2.97. The van der Waals surface area contributed by atoms with Gasteiger partial charge in [-0.15, -0.1) is 10.2 Å². The van der Waals surface area contributed by atoms with Crippen LogP contribution in [-0.4, -0.2) is 21.0 Å². The molecule has 2 rings (SSSR count). The molecule has 0 aliphatic carbocycles. The van der Waals surface area contributed by atoms with E-state index in [1.165, 1.54) is 6.20 Å². The Balaban J connectivity index is 2.14. The first kappa shape index (κ1) is 11.5. The second kappa shape index (κ2) is 4.88. The number of H-pyrrole nitrogens is 1. The molecule has 1 aromatic carbocycles. The van der Waals surface area contributed by atoms with Crippen LogP contribution in [0.3, 0.4) is 0 Å². The molecule has 1 heterocycles. The first-order chi connectivity index (χ1) is 8.15. The highest BCUT2D eigenvalue weighted by Crippen LogP contribution is 2.18. The van der Waals surface area contributed by atoms with Crippen molar-refractivity contribution in [2.75, 3.05) is 0 Å². The van der Waals surface area contributed by atoms with Crippen LogP contribution in [0.15, 0.2) is 45.2 Å². The van der Waals surface area contributed by atoms with E-state index >= 15 is 0 Å². The molecule has 0 saturated carbocycles. The number of carboxylic acid groups (broad SMARTS) is 1. The van der Waals surface area contributed by atoms with Crippen LogP contribution in [0.1, 0.15) is 10.5 Å². The number of nitrogens with zero attached hydrogens (tertiary/aromatic N) is 3. The number of hydrogen-bond acceptors (Lipinski definition) is 4. The highest BCUT2D eigenvalue weighted by atomic mass is 79.9. The van der Waals surface area contributed by atoms with E-state index in [1.807, 2.05) is 12.1 Å². The molecule has 0 aliphatic heterocycles. The molecule has 0 atom stereocenters. The van der Waals surface area contributed by atoms with E-state index in [-0.39, 0.29) is 11.6 Å². The molecule has 0 bridgehead atoms. The zero-order valence-corrected chi connectivity index (χ0v) is 10.0. The van der Waals surface area contributed by atoms with Gasteiger partial charge < -0.3 is 10.1 Å². The predicted octanol–water partition coefficient (Wildman–Crippen LogP) is 3.29. The lowest BCUT2D eigenvalue weighted by Crippen LogP contribution is -1.94. The van der Waals surface area contributed by atoms with Crippen LogP contribution >= 0.6 is 15.9 Å². The summed E-state index contributed by atoms with van der Waals surface area (Å²) in [6.45, 7) is 0. The number of rotatable bonds is 3. The van der Waals surface area contributed by atoms with Gasteiger partial charge in [0, 0.05) is 4.47 Å². The molecule has 0 aliphatic rings. The Morgan fingerprint density at radius 2 is 2.00 bits per heavy atom. The zero-order chi connectivity index (χ0) is 12.3. The average molecular weight is 295 g/mol. The summed E-state index contributed by atoms with van der Waals surface area (Å²) in [5, 5.41) is 16.4. The maximum Gasteiger partial charge on any atom is 0.354 e. The van der Waals surface area contributed by atoms with Crippen LogP contribution < -0.4 is 0 Å². The predicted molar refractivity (Wildman–Crippen MR) is 63.9 cm³/mol. The van der Waals surface area contributed by atoms with Crippen molar-refractivity contribution < 1.29 is 9.90 Å². The third-order valence-corrected chi connectivity index (χ3v) is 2.41. The maximum atomic E-state index is 10.6. The number of azo groups is 1. The van der Waals surface area contributed by atoms with Crippen molar-refractivity contribution in [2.24, 2.45) is 10.2 Å². The second-order valence-electron chi connectivity index (χ2n) is 3.10. The van der Waals surface area contributed by atoms with Gasteiger partial charge >= 0.3 is 5.97 Å². The van der Waals surface area contributed by atoms with E-state index in [2.05, 4.69) is 36.1 Å². The molecule has 0 spiro atoms. The molecular formula is C10H7BrN4O2. The summed E-state index contributed by atoms with van der Waals surface area (Å²) in [6, 6.07) is 7.21. The molecule has 1 aromatic heterocycles. The summed E-state index contributed by atoms with van der Waals surface area (Å²) in [6.07, 6.45) is 1.19. The van der Waals surface area contributed by atoms with Crippen molar-refractivity contribution >= 4 is 33.5 Å². The van der Waals surface area contributed by atoms with E-state index < -0.39 is 5.97 Å². The Morgan fingerprint density at radius 3 is 2.59 bits per heavy atom. The Hall–Kier alpha value is -2.02. The van der Waals surface area contributed by atoms with Crippen LogP contribution in [0.4, 0.5) is 11.6 Å². The molecule has 17 heavy (non-hydrogen) atoms. The van der Waals surface area contributed by atoms with E-state index in [9.17, 15) is 4.79 Å². The van der Waals surface area contributed by atoms with Crippen LogP contribution in [0, 0.1) is 0 Å². The molecule has 86 valence electrons. The molecule has 0 radical (unpaired) electrons. The number of carboxylic acids is 1. The standard InChI is InChI=1S/C10H7BrN4O2/c11-6-1-3-7(4-2-6)14-15-10-12-5-8(13-10)9(16)17/h1-5H,(H,12,13)(H,16,17). The lowest BCUT2D eigenvalue weighted by atomic mass is 10.3. The Labute approximate surface area is 105 Å². The molecule has 0 unspecified atom stereocenters. The molecule has 2 N–H and O–H groups in total. The van der Waals surface area contributed by atoms with Crippen molar-refractivity contribution in [3.63, 3.8) is 0 Å². The summed E-state index contributed by atoms with van der Waals surface area (Å²) in [5.74, 6) is -0.923. The summed E-state index contributed by atoms with van der Waals surface area (Å²) >= 11 is 3.30. The van der Waals surface area contributed by atoms with Crippen LogP contribution in [0.2, 0.25) is 0 Å². The zero-order valence-electron chi connectivity index (χ0n) is 8.46. The van der Waals surface area contributed by atoms with Gasteiger partial charge in [-0.25, -0.2) is 9.78 Å². The van der Waals surface area contributed by atoms with Crippen molar-refractivity contribution in [3.05, 3.63) is 40.6 Å². The molecule has 0 fully saturated rings. The molecular weight excluding hydrogens is 288 g/mol. The van der Waals surface area contributed by atoms with Gasteiger partial charge in [-0.3, -0.25) is 0 Å². The number of imidazole rings is 1. The van der Waals surface area contributed by atoms with Gasteiger partial charge in [0.05, 0.1) is 11.9 Å². The van der Waals surface area contributed by atoms with Crippen molar-refractivity contribution in [1.82, 2.24) is 9.97 Å². The highest BCUT2D eigenvalue weighted by molar-refractivity contribution is 9.10. The smallest absolute Gasteiger partial charge is 0.354 e. The van der Waals surface area contributed by atoms with Gasteiger partial charge in [0.2, 0.25) is 5.95 Å². The van der Waals surface area contributed by atoms with E-state index in [0.29, 0.717) is 5.69 Å². The van der Waals surface area contributed by atoms with E-state index in [0.717, 1.165) is 4.47 Å². The molecule has 2 aromatic rings. The fourth-order valence-corrected chi connectivity index (χ4v) is 1.35. The number of benzene rings is 1. The van der Waals surface area contributed by atoms with Gasteiger partial charge in [0.15, 0.2) is 0 Å². The topological polar surface area (TPSA) is 90.7 Å². The Kier molecular flexibility index (Phi) is 3.29. The third-order valence-electron chi connectivity index (χ3n) is 1.88. The lowest BCUT2D eigenvalue weighted by molar-refractivity contribution is 0.0691. The largest absolute Gasteiger partial charge is 0.477 e. The number of hydrogen-bond donors (Lipinski definition) is 2. The summed E-state index contributed by atoms with van der Waals surface area (Å²) < 4.78 is 0.947. The summed E-state index contributed by atoms with van der Waals surface area (Å²) in [7, 11) is 0. The van der Waals surface area contributed by atoms with E-state index in [4.69, 9.17) is 5.11 Å². The summed E-state index contributed by atoms with van der Waals surface area (Å²) in [5.41, 5.74) is 0.635. The monoisotopic (exact) mass is 294 g/mol. The average Bonchev–Trinajstić information content (AvgIpc) is 2.77. The highest BCUT2D eigenvalue weighted by Gasteiger charge is 2.05. The Morgan fingerprint density at radius 1 is 1.29 bits per heavy atom. The second-order valence-corrected chi connectivity index (χ2v) is 4.02. The number of carbonyl (C=O) groups is 1. The molecule has 0 saturated heterocycles. The van der Waals surface area contributed by atoms with Crippen LogP contribution in [0.25, 0.3) is 0 Å². The van der Waals surface area contributed by atoms with Gasteiger partial charge in [-0.1, -0.05) is 15.9 Å². The fraction of sp³-hybridized carbons (Fsp3) is 0. The minimum Gasteiger partial charge on any atom is -0.477 e. The van der Waals surface area contributed by atoms with Crippen LogP contribution in [-0.2, 0) is 0 Å². The minimum absolute atomic E-state index is 0.0187. The fourth-order valence-electron chi connectivity index (χ4n) is 1.08. The van der Waals surface area contributed by atoms with Gasteiger partial charge in [-0.05, 0) is 24.3 Å². The quantitative estimate of drug-likeness (QED) is 0.851. The minimum atomic E-state index is -1.08. The van der Waals surface area contributed by atoms with E-state index in [1.54, 1.807) is 12.1 Å². The summed E-state index contributed by atoms with van der Waals surface area (Å²) in [4.78, 5) is 16.9. The van der Waals surface area contributed by atoms with Crippen LogP contribution in [0.5, 0.6) is 0 Å². The molecule has 6 nitrogen and oxygen atoms in total. The first-order valence-electron chi connectivity index (χ1n) is 4.61. The van der Waals surface area contributed by atoms with Crippen molar-refractivity contribution in [2.45, 2.75) is 0 Å². The molecule has 0 amide bonds. The number of nitrogens with one attached hydrogen (secondary N) is 1. The van der Waals surface area contributed by atoms with Gasteiger partial charge in [0.25, 0.3) is 0 Å². The number of halogens is 1. The first-order valence-corrected chi connectivity index (χ1v) is 5.40.